The lowest BCUT2D eigenvalue weighted by Gasteiger charge is -2.11. The Kier molecular flexibility index (Phi) is 4.97. The summed E-state index contributed by atoms with van der Waals surface area (Å²) in [5.41, 5.74) is 1.50. The molecule has 3 nitrogen and oxygen atoms in total. The van der Waals surface area contributed by atoms with Crippen LogP contribution >= 0.6 is 0 Å². The van der Waals surface area contributed by atoms with Crippen molar-refractivity contribution in [3.63, 3.8) is 0 Å². The van der Waals surface area contributed by atoms with Gasteiger partial charge in [0.15, 0.2) is 11.5 Å². The predicted octanol–water partition coefficient (Wildman–Crippen LogP) is 5.60. The lowest BCUT2D eigenvalue weighted by atomic mass is 10.1. The summed E-state index contributed by atoms with van der Waals surface area (Å²) in [6.45, 7) is 0.262. The third-order valence-electron chi connectivity index (χ3n) is 4.00. The molecule has 0 radical (unpaired) electrons. The molecule has 3 rings (SSSR count). The topological polar surface area (TPSA) is 42.4 Å². The minimum absolute atomic E-state index is 0.00560. The summed E-state index contributed by atoms with van der Waals surface area (Å²) in [6, 6.07) is 12.9. The molecule has 0 atom stereocenters. The van der Waals surface area contributed by atoms with Gasteiger partial charge in [0.1, 0.15) is 0 Å². The molecule has 0 spiro atoms. The van der Waals surface area contributed by atoms with Crippen molar-refractivity contribution < 1.29 is 23.0 Å². The smallest absolute Gasteiger partial charge is 0.389 e. The van der Waals surface area contributed by atoms with E-state index in [1.165, 1.54) is 0 Å². The minimum Gasteiger partial charge on any atom is -0.504 e. The first kappa shape index (κ1) is 17.3. The van der Waals surface area contributed by atoms with Crippen LogP contribution in [0.25, 0.3) is 21.8 Å². The van der Waals surface area contributed by atoms with Gasteiger partial charge in [-0.3, -0.25) is 0 Å². The standard InChI is InChI=1S/C19H18F3NO2/c20-19(21,22)10-4-1-5-11-25-17-9-8-16-14(18(17)24)12-13-6-2-3-7-15(13)23-16/h2-3,6-9,12,24H,1,4-5,10-11H2. The molecule has 0 fully saturated rings. The largest absolute Gasteiger partial charge is 0.504 e. The number of fused-ring (bicyclic) bond motifs is 2. The SMILES string of the molecule is Oc1c(OCCCCCC(F)(F)F)ccc2nc3ccccc3cc12. The molecule has 25 heavy (non-hydrogen) atoms. The van der Waals surface area contributed by atoms with Gasteiger partial charge in [0.2, 0.25) is 0 Å². The third kappa shape index (κ3) is 4.32. The molecule has 0 bridgehead atoms. The zero-order chi connectivity index (χ0) is 17.9. The number of hydrogen-bond acceptors (Lipinski definition) is 3. The zero-order valence-corrected chi connectivity index (χ0v) is 13.5. The first-order valence-corrected chi connectivity index (χ1v) is 8.15. The van der Waals surface area contributed by atoms with E-state index in [1.807, 2.05) is 30.3 Å². The molecule has 1 aromatic heterocycles. The Morgan fingerprint density at radius 2 is 1.76 bits per heavy atom. The molecular weight excluding hydrogens is 331 g/mol. The number of pyridine rings is 1. The fraction of sp³-hybridized carbons (Fsp3) is 0.316. The van der Waals surface area contributed by atoms with Crippen molar-refractivity contribution in [2.24, 2.45) is 0 Å². The number of aromatic hydroxyl groups is 1. The van der Waals surface area contributed by atoms with Crippen LogP contribution in [-0.2, 0) is 0 Å². The lowest BCUT2D eigenvalue weighted by molar-refractivity contribution is -0.135. The van der Waals surface area contributed by atoms with Gasteiger partial charge >= 0.3 is 6.18 Å². The van der Waals surface area contributed by atoms with Crippen molar-refractivity contribution in [2.75, 3.05) is 6.61 Å². The van der Waals surface area contributed by atoms with Crippen molar-refractivity contribution in [3.05, 3.63) is 42.5 Å². The molecule has 0 saturated heterocycles. The maximum Gasteiger partial charge on any atom is 0.389 e. The monoisotopic (exact) mass is 349 g/mol. The number of ether oxygens (including phenoxy) is 1. The predicted molar refractivity (Wildman–Crippen MR) is 90.9 cm³/mol. The number of halogens is 3. The highest BCUT2D eigenvalue weighted by Crippen LogP contribution is 2.35. The van der Waals surface area contributed by atoms with E-state index in [-0.39, 0.29) is 18.8 Å². The molecule has 0 unspecified atom stereocenters. The van der Waals surface area contributed by atoms with Crippen LogP contribution in [0.1, 0.15) is 25.7 Å². The average Bonchev–Trinajstić information content (AvgIpc) is 2.57. The average molecular weight is 349 g/mol. The first-order chi connectivity index (χ1) is 11.9. The number of nitrogens with zero attached hydrogens (tertiary/aromatic N) is 1. The molecular formula is C19H18F3NO2. The van der Waals surface area contributed by atoms with Crippen molar-refractivity contribution in [1.29, 1.82) is 0 Å². The van der Waals surface area contributed by atoms with Gasteiger partial charge in [-0.25, -0.2) is 4.98 Å². The van der Waals surface area contributed by atoms with Crippen LogP contribution in [0.3, 0.4) is 0 Å². The van der Waals surface area contributed by atoms with Gasteiger partial charge in [-0.1, -0.05) is 18.2 Å². The first-order valence-electron chi connectivity index (χ1n) is 8.15. The maximum atomic E-state index is 12.1. The number of unbranched alkanes of at least 4 members (excludes halogenated alkanes) is 2. The second kappa shape index (κ2) is 7.17. The number of phenolic OH excluding ortho intramolecular Hbond substituents is 1. The summed E-state index contributed by atoms with van der Waals surface area (Å²) in [5, 5.41) is 11.9. The Bertz CT molecular complexity index is 878. The van der Waals surface area contributed by atoms with Gasteiger partial charge in [-0.15, -0.1) is 0 Å². The minimum atomic E-state index is -4.10. The van der Waals surface area contributed by atoms with Crippen LogP contribution in [0.4, 0.5) is 13.2 Å². The van der Waals surface area contributed by atoms with Crippen molar-refractivity contribution in [1.82, 2.24) is 4.98 Å². The highest BCUT2D eigenvalue weighted by Gasteiger charge is 2.25. The number of aromatic nitrogens is 1. The highest BCUT2D eigenvalue weighted by atomic mass is 19.4. The molecule has 2 aromatic carbocycles. The van der Waals surface area contributed by atoms with Gasteiger partial charge < -0.3 is 9.84 Å². The van der Waals surface area contributed by atoms with E-state index < -0.39 is 12.6 Å². The summed E-state index contributed by atoms with van der Waals surface area (Å²) in [7, 11) is 0. The Morgan fingerprint density at radius 3 is 2.56 bits per heavy atom. The summed E-state index contributed by atoms with van der Waals surface area (Å²) < 4.78 is 41.7. The number of rotatable bonds is 6. The van der Waals surface area contributed by atoms with E-state index in [2.05, 4.69) is 4.98 Å². The Labute approximate surface area is 143 Å². The zero-order valence-electron chi connectivity index (χ0n) is 13.5. The van der Waals surface area contributed by atoms with Gasteiger partial charge in [-0.2, -0.15) is 13.2 Å². The van der Waals surface area contributed by atoms with E-state index in [4.69, 9.17) is 4.74 Å². The molecule has 1 heterocycles. The lowest BCUT2D eigenvalue weighted by Crippen LogP contribution is -2.06. The Hall–Kier alpha value is -2.50. The molecule has 0 saturated carbocycles. The molecule has 1 N–H and O–H groups in total. The van der Waals surface area contributed by atoms with Crippen molar-refractivity contribution in [3.8, 4) is 11.5 Å². The number of para-hydroxylation sites is 1. The Morgan fingerprint density at radius 1 is 0.960 bits per heavy atom. The number of hydrogen-bond donors (Lipinski definition) is 1. The molecule has 3 aromatic rings. The summed E-state index contributed by atoms with van der Waals surface area (Å²) in [4.78, 5) is 4.50. The molecule has 6 heteroatoms. The number of phenols is 1. The van der Waals surface area contributed by atoms with Gasteiger partial charge in [0.25, 0.3) is 0 Å². The van der Waals surface area contributed by atoms with Crippen molar-refractivity contribution in [2.45, 2.75) is 31.9 Å². The van der Waals surface area contributed by atoms with Gasteiger partial charge in [-0.05, 0) is 43.5 Å². The molecule has 0 aliphatic carbocycles. The maximum absolute atomic E-state index is 12.1. The van der Waals surface area contributed by atoms with E-state index in [0.29, 0.717) is 29.5 Å². The quantitative estimate of drug-likeness (QED) is 0.465. The van der Waals surface area contributed by atoms with Gasteiger partial charge in [0, 0.05) is 17.2 Å². The fourth-order valence-corrected chi connectivity index (χ4v) is 2.72. The summed E-state index contributed by atoms with van der Waals surface area (Å²) >= 11 is 0. The highest BCUT2D eigenvalue weighted by molar-refractivity contribution is 5.96. The second-order valence-corrected chi connectivity index (χ2v) is 5.93. The normalized spacial score (nSPS) is 12.0. The van der Waals surface area contributed by atoms with E-state index in [9.17, 15) is 18.3 Å². The van der Waals surface area contributed by atoms with Crippen LogP contribution in [-0.4, -0.2) is 22.9 Å². The van der Waals surface area contributed by atoms with E-state index in [0.717, 1.165) is 10.9 Å². The van der Waals surface area contributed by atoms with Crippen LogP contribution < -0.4 is 4.74 Å². The second-order valence-electron chi connectivity index (χ2n) is 5.93. The number of benzene rings is 2. The molecule has 132 valence electrons. The van der Waals surface area contributed by atoms with Gasteiger partial charge in [0.05, 0.1) is 17.6 Å². The van der Waals surface area contributed by atoms with Crippen LogP contribution in [0, 0.1) is 0 Å². The van der Waals surface area contributed by atoms with Crippen molar-refractivity contribution >= 4 is 21.8 Å². The van der Waals surface area contributed by atoms with E-state index >= 15 is 0 Å². The van der Waals surface area contributed by atoms with Crippen LogP contribution in [0.2, 0.25) is 0 Å². The van der Waals surface area contributed by atoms with Crippen LogP contribution in [0.15, 0.2) is 42.5 Å². The molecule has 0 aliphatic heterocycles. The molecule has 0 aliphatic rings. The molecule has 0 amide bonds. The Balaban J connectivity index is 1.66. The fourth-order valence-electron chi connectivity index (χ4n) is 2.72. The summed E-state index contributed by atoms with van der Waals surface area (Å²) in [5.74, 6) is 0.325. The van der Waals surface area contributed by atoms with E-state index in [1.54, 1.807) is 12.1 Å². The number of alkyl halides is 3. The van der Waals surface area contributed by atoms with Crippen LogP contribution in [0.5, 0.6) is 11.5 Å². The summed E-state index contributed by atoms with van der Waals surface area (Å²) in [6.07, 6.45) is -3.85. The third-order valence-corrected chi connectivity index (χ3v) is 4.00.